The van der Waals surface area contributed by atoms with Crippen molar-refractivity contribution in [1.82, 2.24) is 4.57 Å². The standard InChI is InChI=1S/C13H14FN/c1-9-2-5-12-11(13(9)14)6-7-15(12)8-10-3-4-10/h2,5-7,10H,3-4,8H2,1H3. The van der Waals surface area contributed by atoms with Crippen LogP contribution in [-0.4, -0.2) is 4.57 Å². The fourth-order valence-electron chi connectivity index (χ4n) is 2.08. The SMILES string of the molecule is Cc1ccc2c(ccn2CC2CC2)c1F. The van der Waals surface area contributed by atoms with E-state index >= 15 is 0 Å². The van der Waals surface area contributed by atoms with Gasteiger partial charge in [-0.25, -0.2) is 4.39 Å². The van der Waals surface area contributed by atoms with E-state index in [-0.39, 0.29) is 5.82 Å². The van der Waals surface area contributed by atoms with Crippen molar-refractivity contribution in [2.75, 3.05) is 0 Å². The molecule has 15 heavy (non-hydrogen) atoms. The van der Waals surface area contributed by atoms with Gasteiger partial charge in [-0.05, 0) is 43.4 Å². The van der Waals surface area contributed by atoms with Crippen molar-refractivity contribution in [3.63, 3.8) is 0 Å². The van der Waals surface area contributed by atoms with Gasteiger partial charge in [0, 0.05) is 18.1 Å². The van der Waals surface area contributed by atoms with E-state index < -0.39 is 0 Å². The Hall–Kier alpha value is -1.31. The lowest BCUT2D eigenvalue weighted by Crippen LogP contribution is -1.97. The minimum Gasteiger partial charge on any atom is -0.347 e. The van der Waals surface area contributed by atoms with Crippen LogP contribution in [0.15, 0.2) is 24.4 Å². The molecule has 2 aromatic rings. The van der Waals surface area contributed by atoms with E-state index in [9.17, 15) is 4.39 Å². The van der Waals surface area contributed by atoms with Crippen LogP contribution in [0.5, 0.6) is 0 Å². The van der Waals surface area contributed by atoms with Crippen LogP contribution in [0.3, 0.4) is 0 Å². The average Bonchev–Trinajstić information content (AvgIpc) is 2.93. The van der Waals surface area contributed by atoms with Crippen molar-refractivity contribution in [3.8, 4) is 0 Å². The van der Waals surface area contributed by atoms with E-state index in [1.165, 1.54) is 12.8 Å². The van der Waals surface area contributed by atoms with Crippen molar-refractivity contribution >= 4 is 10.9 Å². The molecule has 1 aliphatic carbocycles. The van der Waals surface area contributed by atoms with Crippen molar-refractivity contribution in [1.29, 1.82) is 0 Å². The van der Waals surface area contributed by atoms with Gasteiger partial charge in [0.1, 0.15) is 5.82 Å². The highest BCUT2D eigenvalue weighted by molar-refractivity contribution is 5.81. The van der Waals surface area contributed by atoms with Gasteiger partial charge in [0.05, 0.1) is 5.52 Å². The molecule has 0 radical (unpaired) electrons. The Bertz CT molecular complexity index is 508. The summed E-state index contributed by atoms with van der Waals surface area (Å²) in [4.78, 5) is 0. The van der Waals surface area contributed by atoms with Gasteiger partial charge in [-0.3, -0.25) is 0 Å². The summed E-state index contributed by atoms with van der Waals surface area (Å²) >= 11 is 0. The first kappa shape index (κ1) is 8.96. The van der Waals surface area contributed by atoms with Crippen LogP contribution < -0.4 is 0 Å². The van der Waals surface area contributed by atoms with Crippen LogP contribution in [0.4, 0.5) is 4.39 Å². The number of hydrogen-bond donors (Lipinski definition) is 0. The van der Waals surface area contributed by atoms with E-state index in [2.05, 4.69) is 4.57 Å². The van der Waals surface area contributed by atoms with E-state index in [4.69, 9.17) is 0 Å². The lowest BCUT2D eigenvalue weighted by atomic mass is 10.1. The fraction of sp³-hybridized carbons (Fsp3) is 0.385. The van der Waals surface area contributed by atoms with E-state index in [1.54, 1.807) is 0 Å². The number of halogens is 1. The van der Waals surface area contributed by atoms with Crippen molar-refractivity contribution in [2.24, 2.45) is 5.92 Å². The zero-order valence-electron chi connectivity index (χ0n) is 8.83. The first-order valence-electron chi connectivity index (χ1n) is 5.49. The molecule has 0 amide bonds. The lowest BCUT2D eigenvalue weighted by Gasteiger charge is -2.04. The van der Waals surface area contributed by atoms with Crippen LogP contribution in [-0.2, 0) is 6.54 Å². The van der Waals surface area contributed by atoms with Gasteiger partial charge < -0.3 is 4.57 Å². The van der Waals surface area contributed by atoms with Gasteiger partial charge in [-0.2, -0.15) is 0 Å². The van der Waals surface area contributed by atoms with E-state index in [1.807, 2.05) is 31.3 Å². The van der Waals surface area contributed by atoms with Crippen LogP contribution in [0.25, 0.3) is 10.9 Å². The number of aryl methyl sites for hydroxylation is 1. The molecule has 0 atom stereocenters. The van der Waals surface area contributed by atoms with Gasteiger partial charge >= 0.3 is 0 Å². The molecule has 2 heteroatoms. The zero-order valence-corrected chi connectivity index (χ0v) is 8.83. The minimum atomic E-state index is -0.0675. The average molecular weight is 203 g/mol. The summed E-state index contributed by atoms with van der Waals surface area (Å²) in [6, 6.07) is 5.78. The highest BCUT2D eigenvalue weighted by Crippen LogP contribution is 2.32. The van der Waals surface area contributed by atoms with Crippen LogP contribution in [0.1, 0.15) is 18.4 Å². The first-order valence-corrected chi connectivity index (χ1v) is 5.49. The number of aromatic nitrogens is 1. The summed E-state index contributed by atoms with van der Waals surface area (Å²) < 4.78 is 15.9. The molecule has 1 aromatic heterocycles. The molecule has 0 saturated heterocycles. The second-order valence-corrected chi connectivity index (χ2v) is 4.54. The summed E-state index contributed by atoms with van der Waals surface area (Å²) in [6.45, 7) is 2.86. The Morgan fingerprint density at radius 3 is 2.87 bits per heavy atom. The monoisotopic (exact) mass is 203 g/mol. The van der Waals surface area contributed by atoms with Crippen molar-refractivity contribution in [2.45, 2.75) is 26.3 Å². The normalized spacial score (nSPS) is 16.1. The predicted octanol–water partition coefficient (Wildman–Crippen LogP) is 3.50. The quantitative estimate of drug-likeness (QED) is 0.704. The van der Waals surface area contributed by atoms with Crippen LogP contribution in [0.2, 0.25) is 0 Å². The molecule has 0 spiro atoms. The molecule has 1 heterocycles. The molecule has 0 unspecified atom stereocenters. The van der Waals surface area contributed by atoms with Crippen molar-refractivity contribution < 1.29 is 4.39 Å². The maximum atomic E-state index is 13.8. The van der Waals surface area contributed by atoms with Crippen LogP contribution in [0, 0.1) is 18.7 Å². The Morgan fingerprint density at radius 1 is 1.33 bits per heavy atom. The molecular formula is C13H14FN. The molecule has 78 valence electrons. The number of benzene rings is 1. The Labute approximate surface area is 88.5 Å². The van der Waals surface area contributed by atoms with Crippen LogP contribution >= 0.6 is 0 Å². The molecule has 0 N–H and O–H groups in total. The summed E-state index contributed by atoms with van der Waals surface area (Å²) in [5.74, 6) is 0.756. The molecule has 1 fully saturated rings. The molecular weight excluding hydrogens is 189 g/mol. The topological polar surface area (TPSA) is 4.93 Å². The Balaban J connectivity index is 2.12. The molecule has 1 saturated carbocycles. The number of fused-ring (bicyclic) bond motifs is 1. The third-order valence-corrected chi connectivity index (χ3v) is 3.23. The van der Waals surface area contributed by atoms with Gasteiger partial charge in [-0.15, -0.1) is 0 Å². The zero-order chi connectivity index (χ0) is 10.4. The van der Waals surface area contributed by atoms with E-state index in [0.29, 0.717) is 0 Å². The van der Waals surface area contributed by atoms with Gasteiger partial charge in [-0.1, -0.05) is 6.07 Å². The maximum absolute atomic E-state index is 13.8. The van der Waals surface area contributed by atoms with Gasteiger partial charge in [0.25, 0.3) is 0 Å². The molecule has 1 nitrogen and oxygen atoms in total. The maximum Gasteiger partial charge on any atom is 0.135 e. The Kier molecular flexibility index (Phi) is 1.84. The molecule has 1 aromatic carbocycles. The number of nitrogens with zero attached hydrogens (tertiary/aromatic N) is 1. The first-order chi connectivity index (χ1) is 7.25. The third-order valence-electron chi connectivity index (χ3n) is 3.23. The summed E-state index contributed by atoms with van der Waals surface area (Å²) in [5, 5.41) is 0.760. The smallest absolute Gasteiger partial charge is 0.135 e. The second kappa shape index (κ2) is 3.09. The molecule has 0 aliphatic heterocycles. The highest BCUT2D eigenvalue weighted by Gasteiger charge is 2.22. The number of rotatable bonds is 2. The Morgan fingerprint density at radius 2 is 2.13 bits per heavy atom. The fourth-order valence-corrected chi connectivity index (χ4v) is 2.08. The van der Waals surface area contributed by atoms with Gasteiger partial charge in [0.2, 0.25) is 0 Å². The second-order valence-electron chi connectivity index (χ2n) is 4.54. The molecule has 3 rings (SSSR count). The largest absolute Gasteiger partial charge is 0.347 e. The van der Waals surface area contributed by atoms with Crippen molar-refractivity contribution in [3.05, 3.63) is 35.8 Å². The number of hydrogen-bond acceptors (Lipinski definition) is 0. The predicted molar refractivity (Wildman–Crippen MR) is 59.4 cm³/mol. The van der Waals surface area contributed by atoms with Gasteiger partial charge in [0.15, 0.2) is 0 Å². The highest BCUT2D eigenvalue weighted by atomic mass is 19.1. The minimum absolute atomic E-state index is 0.0675. The summed E-state index contributed by atoms with van der Waals surface area (Å²) in [5.41, 5.74) is 1.76. The summed E-state index contributed by atoms with van der Waals surface area (Å²) in [7, 11) is 0. The van der Waals surface area contributed by atoms with E-state index in [0.717, 1.165) is 28.9 Å². The summed E-state index contributed by atoms with van der Waals surface area (Å²) in [6.07, 6.45) is 4.66. The third kappa shape index (κ3) is 1.44. The lowest BCUT2D eigenvalue weighted by molar-refractivity contribution is 0.628. The molecule has 1 aliphatic rings. The molecule has 0 bridgehead atoms.